The van der Waals surface area contributed by atoms with Crippen molar-refractivity contribution in [1.82, 2.24) is 4.98 Å². The van der Waals surface area contributed by atoms with Crippen LogP contribution in [0, 0.1) is 0 Å². The first-order valence-corrected chi connectivity index (χ1v) is 5.82. The molecule has 104 valence electrons. The fourth-order valence-corrected chi connectivity index (χ4v) is 1.57. The number of nitrogen functional groups attached to an aromatic ring is 2. The number of nitrogens with zero attached hydrogens (tertiary/aromatic N) is 1. The normalized spacial score (nSPS) is 9.85. The molecule has 0 aliphatic rings. The number of hydrogen-bond donors (Lipinski definition) is 4. The lowest BCUT2D eigenvalue weighted by atomic mass is 10.2. The van der Waals surface area contributed by atoms with Crippen LogP contribution in [-0.4, -0.2) is 18.1 Å². The quantitative estimate of drug-likeness (QED) is 0.637. The number of aromatic nitrogens is 1. The number of methoxy groups -OCH3 is 1. The van der Waals surface area contributed by atoms with E-state index in [1.807, 2.05) is 0 Å². The largest absolute Gasteiger partial charge is 0.497 e. The number of amides is 2. The lowest BCUT2D eigenvalue weighted by molar-refractivity contribution is 0.262. The number of ether oxygens (including phenoxy) is 1. The van der Waals surface area contributed by atoms with E-state index in [2.05, 4.69) is 15.6 Å². The number of nitrogens with one attached hydrogen (secondary N) is 2. The molecule has 0 aliphatic carbocycles. The van der Waals surface area contributed by atoms with Crippen LogP contribution in [0.25, 0.3) is 0 Å². The second kappa shape index (κ2) is 5.79. The monoisotopic (exact) mass is 273 g/mol. The molecule has 1 heterocycles. The van der Waals surface area contributed by atoms with Gasteiger partial charge in [0.2, 0.25) is 0 Å². The Hall–Kier alpha value is -2.96. The van der Waals surface area contributed by atoms with Crippen LogP contribution < -0.4 is 26.8 Å². The summed E-state index contributed by atoms with van der Waals surface area (Å²) < 4.78 is 5.03. The molecule has 0 unspecified atom stereocenters. The van der Waals surface area contributed by atoms with Gasteiger partial charge in [0, 0.05) is 6.07 Å². The van der Waals surface area contributed by atoms with E-state index in [0.29, 0.717) is 28.8 Å². The molecule has 1 aromatic carbocycles. The van der Waals surface area contributed by atoms with Crippen molar-refractivity contribution in [2.24, 2.45) is 0 Å². The Balaban J connectivity index is 2.05. The Morgan fingerprint density at radius 3 is 2.65 bits per heavy atom. The molecule has 2 amide bonds. The van der Waals surface area contributed by atoms with E-state index in [-0.39, 0.29) is 0 Å². The van der Waals surface area contributed by atoms with Crippen molar-refractivity contribution >= 4 is 29.0 Å². The molecule has 0 atom stereocenters. The molecule has 7 nitrogen and oxygen atoms in total. The summed E-state index contributed by atoms with van der Waals surface area (Å²) in [4.78, 5) is 15.8. The molecule has 6 N–H and O–H groups in total. The number of carbonyl (C=O) groups excluding carboxylic acids is 1. The Kier molecular flexibility index (Phi) is 3.90. The van der Waals surface area contributed by atoms with E-state index in [1.165, 1.54) is 0 Å². The maximum absolute atomic E-state index is 11.8. The van der Waals surface area contributed by atoms with Crippen LogP contribution in [0.2, 0.25) is 0 Å². The molecule has 20 heavy (non-hydrogen) atoms. The number of carbonyl (C=O) groups is 1. The van der Waals surface area contributed by atoms with Crippen LogP contribution in [-0.2, 0) is 0 Å². The minimum Gasteiger partial charge on any atom is -0.497 e. The highest BCUT2D eigenvalue weighted by molar-refractivity contribution is 6.01. The predicted octanol–water partition coefficient (Wildman–Crippen LogP) is 1.90. The van der Waals surface area contributed by atoms with Gasteiger partial charge in [-0.05, 0) is 24.3 Å². The molecule has 2 aromatic rings. The van der Waals surface area contributed by atoms with E-state index < -0.39 is 6.03 Å². The van der Waals surface area contributed by atoms with Gasteiger partial charge in [0.25, 0.3) is 0 Å². The Morgan fingerprint density at radius 2 is 2.00 bits per heavy atom. The minimum absolute atomic E-state index is 0.326. The van der Waals surface area contributed by atoms with Gasteiger partial charge in [0.15, 0.2) is 0 Å². The van der Waals surface area contributed by atoms with Crippen molar-refractivity contribution in [3.05, 3.63) is 36.4 Å². The lowest BCUT2D eigenvalue weighted by Gasteiger charge is -2.10. The van der Waals surface area contributed by atoms with Crippen molar-refractivity contribution in [3.8, 4) is 5.75 Å². The van der Waals surface area contributed by atoms with Crippen molar-refractivity contribution < 1.29 is 9.53 Å². The summed E-state index contributed by atoms with van der Waals surface area (Å²) in [5, 5.41) is 5.18. The van der Waals surface area contributed by atoms with Gasteiger partial charge >= 0.3 is 6.03 Å². The molecule has 0 aliphatic heterocycles. The zero-order valence-corrected chi connectivity index (χ0v) is 10.9. The number of nitrogens with two attached hydrogens (primary N) is 2. The van der Waals surface area contributed by atoms with Gasteiger partial charge in [0.1, 0.15) is 17.4 Å². The van der Waals surface area contributed by atoms with Crippen LogP contribution in [0.15, 0.2) is 36.4 Å². The molecule has 0 radical (unpaired) electrons. The average Bonchev–Trinajstić information content (AvgIpc) is 2.41. The van der Waals surface area contributed by atoms with E-state index in [4.69, 9.17) is 16.2 Å². The molecule has 0 saturated heterocycles. The third-order valence-corrected chi connectivity index (χ3v) is 2.52. The van der Waals surface area contributed by atoms with Crippen LogP contribution >= 0.6 is 0 Å². The summed E-state index contributed by atoms with van der Waals surface area (Å²) in [6.07, 6.45) is 0. The molecule has 0 spiro atoms. The summed E-state index contributed by atoms with van der Waals surface area (Å²) in [6.45, 7) is 0. The maximum atomic E-state index is 11.8. The summed E-state index contributed by atoms with van der Waals surface area (Å²) in [7, 11) is 1.54. The molecule has 0 fully saturated rings. The molecular formula is C13H15N5O2. The number of anilines is 4. The van der Waals surface area contributed by atoms with Crippen LogP contribution in [0.3, 0.4) is 0 Å². The van der Waals surface area contributed by atoms with Crippen molar-refractivity contribution in [1.29, 1.82) is 0 Å². The Bertz CT molecular complexity index is 630. The van der Waals surface area contributed by atoms with Crippen LogP contribution in [0.5, 0.6) is 5.75 Å². The summed E-state index contributed by atoms with van der Waals surface area (Å²) >= 11 is 0. The second-order valence-electron chi connectivity index (χ2n) is 3.98. The number of hydrogen-bond acceptors (Lipinski definition) is 5. The highest BCUT2D eigenvalue weighted by Gasteiger charge is 2.07. The van der Waals surface area contributed by atoms with E-state index in [0.717, 1.165) is 0 Å². The summed E-state index contributed by atoms with van der Waals surface area (Å²) in [5.41, 5.74) is 12.2. The smallest absolute Gasteiger partial charge is 0.324 e. The predicted molar refractivity (Wildman–Crippen MR) is 78.7 cm³/mol. The van der Waals surface area contributed by atoms with Gasteiger partial charge in [-0.1, -0.05) is 6.07 Å². The highest BCUT2D eigenvalue weighted by Crippen LogP contribution is 2.24. The molecule has 0 bridgehead atoms. The van der Waals surface area contributed by atoms with Gasteiger partial charge in [0.05, 0.1) is 18.5 Å². The van der Waals surface area contributed by atoms with Crippen molar-refractivity contribution in [2.75, 3.05) is 29.2 Å². The fourth-order valence-electron chi connectivity index (χ4n) is 1.57. The van der Waals surface area contributed by atoms with Gasteiger partial charge in [-0.3, -0.25) is 5.32 Å². The van der Waals surface area contributed by atoms with E-state index in [9.17, 15) is 4.79 Å². The van der Waals surface area contributed by atoms with Gasteiger partial charge in [-0.15, -0.1) is 0 Å². The van der Waals surface area contributed by atoms with Crippen LogP contribution in [0.1, 0.15) is 0 Å². The number of rotatable bonds is 3. The second-order valence-corrected chi connectivity index (χ2v) is 3.98. The minimum atomic E-state index is -0.458. The fraction of sp³-hybridized carbons (Fsp3) is 0.0769. The third kappa shape index (κ3) is 3.29. The maximum Gasteiger partial charge on any atom is 0.324 e. The molecule has 0 saturated carbocycles. The number of urea groups is 1. The lowest BCUT2D eigenvalue weighted by Crippen LogP contribution is -2.20. The SMILES string of the molecule is COc1ccc(NC(=O)Nc2cccc(N)n2)c(N)c1. The number of pyridine rings is 1. The third-order valence-electron chi connectivity index (χ3n) is 2.52. The van der Waals surface area contributed by atoms with Crippen molar-refractivity contribution in [2.45, 2.75) is 0 Å². The standard InChI is InChI=1S/C13H15N5O2/c1-20-8-5-6-10(9(14)7-8)16-13(19)18-12-4-2-3-11(15)17-12/h2-7H,14H2,1H3,(H4,15,16,17,18,19). The zero-order chi connectivity index (χ0) is 14.5. The average molecular weight is 273 g/mol. The first kappa shape index (κ1) is 13.5. The highest BCUT2D eigenvalue weighted by atomic mass is 16.5. The Morgan fingerprint density at radius 1 is 1.20 bits per heavy atom. The summed E-state index contributed by atoms with van der Waals surface area (Å²) in [5.74, 6) is 1.30. The van der Waals surface area contributed by atoms with Gasteiger partial charge in [-0.25, -0.2) is 9.78 Å². The van der Waals surface area contributed by atoms with Crippen LogP contribution in [0.4, 0.5) is 27.8 Å². The number of benzene rings is 1. The van der Waals surface area contributed by atoms with E-state index >= 15 is 0 Å². The zero-order valence-electron chi connectivity index (χ0n) is 10.9. The first-order chi connectivity index (χ1) is 9.58. The molecule has 1 aromatic heterocycles. The Labute approximate surface area is 115 Å². The topological polar surface area (TPSA) is 115 Å². The summed E-state index contributed by atoms with van der Waals surface area (Å²) in [6, 6.07) is 9.47. The van der Waals surface area contributed by atoms with Crippen molar-refractivity contribution in [3.63, 3.8) is 0 Å². The molecule has 2 rings (SSSR count). The van der Waals surface area contributed by atoms with Gasteiger partial charge in [-0.2, -0.15) is 0 Å². The van der Waals surface area contributed by atoms with E-state index in [1.54, 1.807) is 43.5 Å². The molecule has 7 heteroatoms. The molecular weight excluding hydrogens is 258 g/mol. The van der Waals surface area contributed by atoms with Gasteiger partial charge < -0.3 is 21.5 Å². The first-order valence-electron chi connectivity index (χ1n) is 5.82.